The van der Waals surface area contributed by atoms with Crippen LogP contribution in [-0.2, 0) is 6.54 Å². The van der Waals surface area contributed by atoms with Gasteiger partial charge < -0.3 is 19.9 Å². The molecule has 4 nitrogen and oxygen atoms in total. The average Bonchev–Trinajstić information content (AvgIpc) is 2.49. The van der Waals surface area contributed by atoms with Gasteiger partial charge in [0.05, 0.1) is 13.2 Å². The Bertz CT molecular complexity index is 481. The molecule has 0 amide bonds. The number of aliphatic hydroxyl groups is 1. The van der Waals surface area contributed by atoms with E-state index in [0.717, 1.165) is 16.5 Å². The first-order chi connectivity index (χ1) is 10.2. The molecule has 0 aliphatic carbocycles. The van der Waals surface area contributed by atoms with Crippen LogP contribution in [0.5, 0.6) is 11.5 Å². The van der Waals surface area contributed by atoms with Crippen molar-refractivity contribution in [3.8, 4) is 23.8 Å². The van der Waals surface area contributed by atoms with Crippen molar-refractivity contribution in [2.45, 2.75) is 32.9 Å². The summed E-state index contributed by atoms with van der Waals surface area (Å²) in [5.74, 6) is 3.74. The molecule has 116 valence electrons. The normalized spacial score (nSPS) is 11.8. The van der Waals surface area contributed by atoms with Crippen LogP contribution in [0, 0.1) is 12.3 Å². The number of rotatable bonds is 9. The molecule has 1 rings (SSSR count). The van der Waals surface area contributed by atoms with E-state index in [0.29, 0.717) is 24.7 Å². The van der Waals surface area contributed by atoms with E-state index >= 15 is 0 Å². The number of aliphatic hydroxyl groups excluding tert-OH is 1. The van der Waals surface area contributed by atoms with Gasteiger partial charge in [-0.1, -0.05) is 28.8 Å². The largest absolute Gasteiger partial charge is 0.490 e. The van der Waals surface area contributed by atoms with Crippen LogP contribution in [0.3, 0.4) is 0 Å². The predicted molar refractivity (Wildman–Crippen MR) is 87.6 cm³/mol. The molecule has 2 N–H and O–H groups in total. The minimum atomic E-state index is 0.0878. The monoisotopic (exact) mass is 355 g/mol. The van der Waals surface area contributed by atoms with E-state index < -0.39 is 0 Å². The van der Waals surface area contributed by atoms with Gasteiger partial charge in [0, 0.05) is 17.1 Å². The zero-order chi connectivity index (χ0) is 15.7. The molecular weight excluding hydrogens is 334 g/mol. The Morgan fingerprint density at radius 1 is 1.33 bits per heavy atom. The van der Waals surface area contributed by atoms with Crippen molar-refractivity contribution in [1.29, 1.82) is 0 Å². The third-order valence-corrected chi connectivity index (χ3v) is 3.76. The van der Waals surface area contributed by atoms with Crippen molar-refractivity contribution in [3.05, 3.63) is 22.2 Å². The van der Waals surface area contributed by atoms with Crippen LogP contribution in [0.4, 0.5) is 0 Å². The fraction of sp³-hybridized carbons (Fsp3) is 0.500. The summed E-state index contributed by atoms with van der Waals surface area (Å²) in [7, 11) is 0. The molecule has 0 aromatic heterocycles. The molecule has 21 heavy (non-hydrogen) atoms. The van der Waals surface area contributed by atoms with E-state index in [2.05, 4.69) is 27.2 Å². The van der Waals surface area contributed by atoms with Crippen LogP contribution in [0.2, 0.25) is 0 Å². The van der Waals surface area contributed by atoms with Gasteiger partial charge >= 0.3 is 0 Å². The second-order valence-corrected chi connectivity index (χ2v) is 5.34. The Morgan fingerprint density at radius 3 is 2.62 bits per heavy atom. The number of ether oxygens (including phenoxy) is 2. The summed E-state index contributed by atoms with van der Waals surface area (Å²) in [6, 6.07) is 3.88. The van der Waals surface area contributed by atoms with Gasteiger partial charge in [0.1, 0.15) is 6.61 Å². The molecule has 0 heterocycles. The summed E-state index contributed by atoms with van der Waals surface area (Å²) >= 11 is 3.53. The highest BCUT2D eigenvalue weighted by Crippen LogP contribution is 2.34. The van der Waals surface area contributed by atoms with Crippen LogP contribution < -0.4 is 14.8 Å². The third kappa shape index (κ3) is 5.58. The number of nitrogens with one attached hydrogen (secondary N) is 1. The number of benzene rings is 1. The Kier molecular flexibility index (Phi) is 8.21. The summed E-state index contributed by atoms with van der Waals surface area (Å²) in [5, 5.41) is 12.5. The van der Waals surface area contributed by atoms with Gasteiger partial charge in [-0.15, -0.1) is 6.42 Å². The van der Waals surface area contributed by atoms with Crippen molar-refractivity contribution in [1.82, 2.24) is 5.32 Å². The van der Waals surface area contributed by atoms with Crippen molar-refractivity contribution < 1.29 is 14.6 Å². The lowest BCUT2D eigenvalue weighted by molar-refractivity contribution is 0.238. The van der Waals surface area contributed by atoms with E-state index in [9.17, 15) is 5.11 Å². The molecule has 1 aromatic rings. The fourth-order valence-electron chi connectivity index (χ4n) is 1.81. The Morgan fingerprint density at radius 2 is 2.05 bits per heavy atom. The van der Waals surface area contributed by atoms with Crippen LogP contribution in [-0.4, -0.2) is 31.0 Å². The van der Waals surface area contributed by atoms with Crippen molar-refractivity contribution >= 4 is 15.9 Å². The molecule has 0 radical (unpaired) electrons. The van der Waals surface area contributed by atoms with Gasteiger partial charge in [-0.25, -0.2) is 0 Å². The third-order valence-electron chi connectivity index (χ3n) is 3.02. The molecule has 0 bridgehead atoms. The maximum absolute atomic E-state index is 9.22. The number of terminal acetylenes is 1. The predicted octanol–water partition coefficient (Wildman–Crippen LogP) is 2.72. The lowest BCUT2D eigenvalue weighted by Crippen LogP contribution is -2.31. The van der Waals surface area contributed by atoms with Crippen molar-refractivity contribution in [2.75, 3.05) is 19.8 Å². The van der Waals surface area contributed by atoms with Gasteiger partial charge in [-0.3, -0.25) is 0 Å². The van der Waals surface area contributed by atoms with E-state index in [1.54, 1.807) is 0 Å². The molecule has 0 fully saturated rings. The molecule has 0 saturated carbocycles. The molecule has 0 saturated heterocycles. The van der Waals surface area contributed by atoms with Gasteiger partial charge in [0.25, 0.3) is 0 Å². The second-order valence-electron chi connectivity index (χ2n) is 4.48. The van der Waals surface area contributed by atoms with E-state index in [4.69, 9.17) is 15.9 Å². The first-order valence-corrected chi connectivity index (χ1v) is 7.81. The molecule has 0 spiro atoms. The molecule has 1 atom stereocenters. The summed E-state index contributed by atoms with van der Waals surface area (Å²) in [6.07, 6.45) is 6.09. The summed E-state index contributed by atoms with van der Waals surface area (Å²) in [4.78, 5) is 0. The standard InChI is InChI=1S/C16H22BrNO3/c1-4-7-21-16-9-14(17)12(8-15(16)20-6-3)10-18-13(5-2)11-19/h1,8-9,13,18-19H,5-7,10-11H2,2-3H3/t13-/m0/s1. The van der Waals surface area contributed by atoms with E-state index in [-0.39, 0.29) is 19.3 Å². The number of hydrogen-bond acceptors (Lipinski definition) is 4. The highest BCUT2D eigenvalue weighted by molar-refractivity contribution is 9.10. The highest BCUT2D eigenvalue weighted by atomic mass is 79.9. The SMILES string of the molecule is C#CCOc1cc(Br)c(CN[C@@H](CC)CO)cc1OCC. The minimum Gasteiger partial charge on any atom is -0.490 e. The van der Waals surface area contributed by atoms with Gasteiger partial charge in [0.15, 0.2) is 11.5 Å². The number of halogens is 1. The lowest BCUT2D eigenvalue weighted by atomic mass is 10.1. The van der Waals surface area contributed by atoms with Gasteiger partial charge in [-0.05, 0) is 31.0 Å². The van der Waals surface area contributed by atoms with Crippen LogP contribution in [0.25, 0.3) is 0 Å². The van der Waals surface area contributed by atoms with Crippen molar-refractivity contribution in [2.24, 2.45) is 0 Å². The quantitative estimate of drug-likeness (QED) is 0.668. The van der Waals surface area contributed by atoms with Crippen LogP contribution >= 0.6 is 15.9 Å². The van der Waals surface area contributed by atoms with Crippen LogP contribution in [0.1, 0.15) is 25.8 Å². The summed E-state index contributed by atoms with van der Waals surface area (Å²) < 4.78 is 12.0. The van der Waals surface area contributed by atoms with Crippen LogP contribution in [0.15, 0.2) is 16.6 Å². The number of hydrogen-bond donors (Lipinski definition) is 2. The summed E-state index contributed by atoms with van der Waals surface area (Å²) in [5.41, 5.74) is 1.04. The fourth-order valence-corrected chi connectivity index (χ4v) is 2.27. The second kappa shape index (κ2) is 9.67. The Labute approximate surface area is 135 Å². The Hall–Kier alpha value is -1.22. The molecule has 5 heteroatoms. The zero-order valence-corrected chi connectivity index (χ0v) is 14.1. The van der Waals surface area contributed by atoms with Crippen molar-refractivity contribution in [3.63, 3.8) is 0 Å². The first-order valence-electron chi connectivity index (χ1n) is 7.01. The maximum Gasteiger partial charge on any atom is 0.163 e. The highest BCUT2D eigenvalue weighted by Gasteiger charge is 2.12. The molecule has 0 unspecified atom stereocenters. The van der Waals surface area contributed by atoms with Gasteiger partial charge in [0.2, 0.25) is 0 Å². The first kappa shape index (κ1) is 17.8. The maximum atomic E-state index is 9.22. The zero-order valence-electron chi connectivity index (χ0n) is 12.5. The lowest BCUT2D eigenvalue weighted by Gasteiger charge is -2.17. The van der Waals surface area contributed by atoms with E-state index in [1.165, 1.54) is 0 Å². The molecule has 0 aliphatic heterocycles. The molecule has 0 aliphatic rings. The summed E-state index contributed by atoms with van der Waals surface area (Å²) in [6.45, 7) is 5.46. The Balaban J connectivity index is 2.89. The van der Waals surface area contributed by atoms with Gasteiger partial charge in [-0.2, -0.15) is 0 Å². The molecular formula is C16H22BrNO3. The molecule has 1 aromatic carbocycles. The average molecular weight is 356 g/mol. The minimum absolute atomic E-state index is 0.0878. The van der Waals surface area contributed by atoms with E-state index in [1.807, 2.05) is 26.0 Å². The smallest absolute Gasteiger partial charge is 0.163 e. The topological polar surface area (TPSA) is 50.7 Å².